The zero-order valence-corrected chi connectivity index (χ0v) is 12.9. The first kappa shape index (κ1) is 14.5. The van der Waals surface area contributed by atoms with Crippen molar-refractivity contribution in [1.82, 2.24) is 4.98 Å². The molecule has 0 bridgehead atoms. The van der Waals surface area contributed by atoms with Crippen LogP contribution < -0.4 is 15.8 Å². The van der Waals surface area contributed by atoms with E-state index in [2.05, 4.69) is 10.3 Å². The highest BCUT2D eigenvalue weighted by Crippen LogP contribution is 2.29. The normalized spacial score (nSPS) is 12.3. The van der Waals surface area contributed by atoms with Crippen molar-refractivity contribution in [3.05, 3.63) is 57.5 Å². The molecule has 1 heterocycles. The highest BCUT2D eigenvalue weighted by Gasteiger charge is 2.10. The van der Waals surface area contributed by atoms with Crippen LogP contribution in [0.5, 0.6) is 5.75 Å². The summed E-state index contributed by atoms with van der Waals surface area (Å²) in [6, 6.07) is 11.2. The number of hydrogen-bond donors (Lipinski definition) is 2. The average molecular weight is 319 g/mol. The lowest BCUT2D eigenvalue weighted by atomic mass is 10.1. The number of oxazole rings is 1. The number of hydrogen-bond acceptors (Lipinski definition) is 4. The fourth-order valence-electron chi connectivity index (χ4n) is 2.33. The molecule has 0 saturated carbocycles. The smallest absolute Gasteiger partial charge is 0.417 e. The van der Waals surface area contributed by atoms with Crippen LogP contribution in [0.15, 0.2) is 45.6 Å². The number of H-pyrrole nitrogens is 1. The quantitative estimate of drug-likeness (QED) is 0.764. The van der Waals surface area contributed by atoms with Gasteiger partial charge in [0.1, 0.15) is 5.75 Å². The number of methoxy groups -OCH3 is 1. The topological polar surface area (TPSA) is 67.3 Å². The van der Waals surface area contributed by atoms with Crippen LogP contribution in [-0.4, -0.2) is 12.1 Å². The van der Waals surface area contributed by atoms with E-state index in [1.807, 2.05) is 37.3 Å². The van der Waals surface area contributed by atoms with Crippen LogP contribution in [0, 0.1) is 0 Å². The summed E-state index contributed by atoms with van der Waals surface area (Å²) in [6.45, 7) is 2.03. The van der Waals surface area contributed by atoms with Crippen molar-refractivity contribution in [1.29, 1.82) is 0 Å². The van der Waals surface area contributed by atoms with Crippen molar-refractivity contribution in [3.63, 3.8) is 0 Å². The van der Waals surface area contributed by atoms with Gasteiger partial charge in [-0.1, -0.05) is 17.7 Å². The molecule has 22 heavy (non-hydrogen) atoms. The summed E-state index contributed by atoms with van der Waals surface area (Å²) in [5.74, 6) is 0.192. The maximum atomic E-state index is 11.2. The second-order valence-electron chi connectivity index (χ2n) is 4.99. The number of benzene rings is 2. The number of nitrogens with one attached hydrogen (secondary N) is 2. The van der Waals surface area contributed by atoms with E-state index >= 15 is 0 Å². The molecule has 0 saturated heterocycles. The summed E-state index contributed by atoms with van der Waals surface area (Å²) >= 11 is 6.15. The lowest BCUT2D eigenvalue weighted by Gasteiger charge is -2.16. The van der Waals surface area contributed by atoms with Crippen LogP contribution in [0.4, 0.5) is 5.69 Å². The zero-order chi connectivity index (χ0) is 15.7. The Morgan fingerprint density at radius 2 is 2.09 bits per heavy atom. The predicted octanol–water partition coefficient (Wildman–Crippen LogP) is 3.96. The molecule has 3 aromatic rings. The molecule has 1 aromatic heterocycles. The molecule has 2 N–H and O–H groups in total. The Morgan fingerprint density at radius 1 is 1.27 bits per heavy atom. The van der Waals surface area contributed by atoms with Gasteiger partial charge in [-0.2, -0.15) is 0 Å². The van der Waals surface area contributed by atoms with Gasteiger partial charge in [0.2, 0.25) is 0 Å². The van der Waals surface area contributed by atoms with Crippen molar-refractivity contribution >= 4 is 28.4 Å². The SMILES string of the molecule is COc1ccc([C@H](C)Nc2ccc3oc(=O)[nH]c3c2)cc1Cl. The van der Waals surface area contributed by atoms with Crippen molar-refractivity contribution in [2.75, 3.05) is 12.4 Å². The monoisotopic (exact) mass is 318 g/mol. The third-order valence-corrected chi connectivity index (χ3v) is 3.77. The van der Waals surface area contributed by atoms with E-state index in [-0.39, 0.29) is 6.04 Å². The number of halogens is 1. The molecule has 0 unspecified atom stereocenters. The van der Waals surface area contributed by atoms with Crippen molar-refractivity contribution in [2.24, 2.45) is 0 Å². The second-order valence-corrected chi connectivity index (χ2v) is 5.39. The van der Waals surface area contributed by atoms with Crippen LogP contribution in [0.2, 0.25) is 5.02 Å². The molecule has 0 aliphatic rings. The van der Waals surface area contributed by atoms with Crippen LogP contribution in [-0.2, 0) is 0 Å². The van der Waals surface area contributed by atoms with Crippen LogP contribution in [0.3, 0.4) is 0 Å². The number of fused-ring (bicyclic) bond motifs is 1. The standard InChI is InChI=1S/C16H15ClN2O3/c1-9(10-3-5-14(21-2)12(17)7-10)18-11-4-6-15-13(8-11)19-16(20)22-15/h3-9,18H,1-2H3,(H,19,20)/t9-/m0/s1. The lowest BCUT2D eigenvalue weighted by molar-refractivity contribution is 0.415. The summed E-state index contributed by atoms with van der Waals surface area (Å²) in [7, 11) is 1.59. The van der Waals surface area contributed by atoms with Gasteiger partial charge in [-0.15, -0.1) is 0 Å². The zero-order valence-electron chi connectivity index (χ0n) is 12.1. The Bertz CT molecular complexity index is 869. The summed E-state index contributed by atoms with van der Waals surface area (Å²) in [6.07, 6.45) is 0. The number of anilines is 1. The van der Waals surface area contributed by atoms with Crippen LogP contribution >= 0.6 is 11.6 Å². The Balaban J connectivity index is 1.84. The fraction of sp³-hybridized carbons (Fsp3) is 0.188. The lowest BCUT2D eigenvalue weighted by Crippen LogP contribution is -2.06. The third kappa shape index (κ3) is 2.80. The molecule has 2 aromatic carbocycles. The molecular weight excluding hydrogens is 304 g/mol. The highest BCUT2D eigenvalue weighted by atomic mass is 35.5. The van der Waals surface area contributed by atoms with Crippen LogP contribution in [0.1, 0.15) is 18.5 Å². The van der Waals surface area contributed by atoms with Gasteiger partial charge in [0, 0.05) is 11.7 Å². The maximum Gasteiger partial charge on any atom is 0.417 e. The molecule has 0 aliphatic carbocycles. The molecule has 0 aliphatic heterocycles. The molecule has 0 spiro atoms. The molecule has 0 amide bonds. The first-order chi connectivity index (χ1) is 10.6. The Morgan fingerprint density at radius 3 is 2.82 bits per heavy atom. The number of ether oxygens (including phenoxy) is 1. The largest absolute Gasteiger partial charge is 0.495 e. The minimum atomic E-state index is -0.456. The number of aromatic amines is 1. The van der Waals surface area contributed by atoms with Crippen molar-refractivity contribution in [3.8, 4) is 5.75 Å². The van der Waals surface area contributed by atoms with Crippen molar-refractivity contribution in [2.45, 2.75) is 13.0 Å². The van der Waals surface area contributed by atoms with E-state index in [0.717, 1.165) is 11.3 Å². The summed E-state index contributed by atoms with van der Waals surface area (Å²) in [5, 5.41) is 3.93. The molecule has 114 valence electrons. The van der Waals surface area contributed by atoms with Gasteiger partial charge in [0.25, 0.3) is 0 Å². The van der Waals surface area contributed by atoms with Gasteiger partial charge in [0.15, 0.2) is 5.58 Å². The fourth-order valence-corrected chi connectivity index (χ4v) is 2.59. The first-order valence-corrected chi connectivity index (χ1v) is 7.17. The Kier molecular flexibility index (Phi) is 3.81. The van der Waals surface area contributed by atoms with Gasteiger partial charge >= 0.3 is 5.76 Å². The minimum absolute atomic E-state index is 0.0412. The molecule has 1 atom stereocenters. The Labute approximate surface area is 131 Å². The van der Waals surface area contributed by atoms with Gasteiger partial charge in [-0.25, -0.2) is 4.79 Å². The molecule has 0 fully saturated rings. The van der Waals surface area contributed by atoms with E-state index < -0.39 is 5.76 Å². The maximum absolute atomic E-state index is 11.2. The van der Waals surface area contributed by atoms with E-state index in [1.165, 1.54) is 0 Å². The number of aromatic nitrogens is 1. The third-order valence-electron chi connectivity index (χ3n) is 3.48. The second kappa shape index (κ2) is 5.77. The first-order valence-electron chi connectivity index (χ1n) is 6.79. The Hall–Kier alpha value is -2.40. The predicted molar refractivity (Wildman–Crippen MR) is 86.9 cm³/mol. The summed E-state index contributed by atoms with van der Waals surface area (Å²) in [5.41, 5.74) is 3.11. The van der Waals surface area contributed by atoms with Gasteiger partial charge in [-0.05, 0) is 42.8 Å². The van der Waals surface area contributed by atoms with E-state index in [0.29, 0.717) is 21.9 Å². The van der Waals surface area contributed by atoms with Gasteiger partial charge < -0.3 is 14.5 Å². The molecule has 0 radical (unpaired) electrons. The minimum Gasteiger partial charge on any atom is -0.495 e. The average Bonchev–Trinajstić information content (AvgIpc) is 2.86. The van der Waals surface area contributed by atoms with Gasteiger partial charge in [0.05, 0.1) is 17.6 Å². The van der Waals surface area contributed by atoms with E-state index in [4.69, 9.17) is 20.8 Å². The highest BCUT2D eigenvalue weighted by molar-refractivity contribution is 6.32. The summed E-state index contributed by atoms with van der Waals surface area (Å²) < 4.78 is 10.1. The molecular formula is C16H15ClN2O3. The van der Waals surface area contributed by atoms with Gasteiger partial charge in [-0.3, -0.25) is 4.98 Å². The molecule has 3 rings (SSSR count). The van der Waals surface area contributed by atoms with Crippen molar-refractivity contribution < 1.29 is 9.15 Å². The number of rotatable bonds is 4. The molecule has 6 heteroatoms. The van der Waals surface area contributed by atoms with Crippen LogP contribution in [0.25, 0.3) is 11.1 Å². The van der Waals surface area contributed by atoms with E-state index in [9.17, 15) is 4.79 Å². The summed E-state index contributed by atoms with van der Waals surface area (Å²) in [4.78, 5) is 13.8. The van der Waals surface area contributed by atoms with E-state index in [1.54, 1.807) is 13.2 Å². The molecule has 5 nitrogen and oxygen atoms in total.